The van der Waals surface area contributed by atoms with Crippen LogP contribution < -0.4 is 10.2 Å². The molecule has 0 unspecified atom stereocenters. The molecule has 102 valence electrons. The Labute approximate surface area is 106 Å². The van der Waals surface area contributed by atoms with Crippen LogP contribution in [-0.4, -0.2) is 33.2 Å². The van der Waals surface area contributed by atoms with Gasteiger partial charge < -0.3 is 9.72 Å². The van der Waals surface area contributed by atoms with Gasteiger partial charge in [-0.3, -0.25) is 4.79 Å². The first kappa shape index (κ1) is 14.9. The van der Waals surface area contributed by atoms with Crippen molar-refractivity contribution in [2.24, 2.45) is 0 Å². The number of pyridine rings is 1. The van der Waals surface area contributed by atoms with Crippen LogP contribution in [0.5, 0.6) is 0 Å². The molecule has 0 saturated heterocycles. The summed E-state index contributed by atoms with van der Waals surface area (Å²) in [4.78, 5) is 13.7. The normalized spacial score (nSPS) is 11.6. The topological polar surface area (TPSA) is 88.3 Å². The number of sulfonamides is 1. The average Bonchev–Trinajstić information content (AvgIpc) is 2.34. The summed E-state index contributed by atoms with van der Waals surface area (Å²) in [6.07, 6.45) is 4.54. The van der Waals surface area contributed by atoms with Crippen LogP contribution in [0, 0.1) is 0 Å². The Morgan fingerprint density at radius 1 is 1.39 bits per heavy atom. The predicted molar refractivity (Wildman–Crippen MR) is 68.0 cm³/mol. The monoisotopic (exact) mass is 274 g/mol. The minimum absolute atomic E-state index is 0.153. The molecule has 7 heteroatoms. The largest absolute Gasteiger partial charge is 0.380 e. The molecule has 18 heavy (non-hydrogen) atoms. The molecule has 0 amide bonds. The first-order chi connectivity index (χ1) is 8.58. The molecular formula is C11H18N2O4S. The fraction of sp³-hybridized carbons (Fsp3) is 0.545. The number of hydrogen-bond donors (Lipinski definition) is 2. The maximum atomic E-state index is 11.8. The summed E-state index contributed by atoms with van der Waals surface area (Å²) in [6, 6.07) is 1.17. The zero-order valence-corrected chi connectivity index (χ0v) is 11.1. The molecule has 1 aromatic heterocycles. The van der Waals surface area contributed by atoms with E-state index in [2.05, 4.69) is 9.71 Å². The fourth-order valence-corrected chi connectivity index (χ4v) is 2.35. The Morgan fingerprint density at radius 2 is 2.17 bits per heavy atom. The summed E-state index contributed by atoms with van der Waals surface area (Å²) < 4.78 is 31.1. The Bertz CT molecular complexity index is 510. The number of ether oxygens (including phenoxy) is 1. The van der Waals surface area contributed by atoms with Gasteiger partial charge in [0.05, 0.1) is 6.61 Å². The van der Waals surface area contributed by atoms with Crippen molar-refractivity contribution in [3.63, 3.8) is 0 Å². The lowest BCUT2D eigenvalue weighted by Gasteiger charge is -2.06. The second kappa shape index (κ2) is 7.30. The van der Waals surface area contributed by atoms with Gasteiger partial charge in [0.1, 0.15) is 4.90 Å². The molecular weight excluding hydrogens is 256 g/mol. The van der Waals surface area contributed by atoms with Gasteiger partial charge >= 0.3 is 0 Å². The molecule has 0 aliphatic carbocycles. The van der Waals surface area contributed by atoms with Gasteiger partial charge in [0, 0.05) is 31.6 Å². The average molecular weight is 274 g/mol. The number of H-pyrrole nitrogens is 1. The van der Waals surface area contributed by atoms with Gasteiger partial charge in [-0.25, -0.2) is 13.1 Å². The fourth-order valence-electron chi connectivity index (χ4n) is 1.29. The molecule has 0 bridgehead atoms. The number of aromatic amines is 1. The number of unbranched alkanes of at least 4 members (excludes halogenated alkanes) is 1. The summed E-state index contributed by atoms with van der Waals surface area (Å²) in [6.45, 7) is 3.11. The molecule has 1 aromatic rings. The lowest BCUT2D eigenvalue weighted by molar-refractivity contribution is 0.136. The Hall–Kier alpha value is -1.18. The zero-order valence-electron chi connectivity index (χ0n) is 10.3. The van der Waals surface area contributed by atoms with Crippen molar-refractivity contribution in [2.45, 2.75) is 24.7 Å². The van der Waals surface area contributed by atoms with Crippen molar-refractivity contribution in [1.29, 1.82) is 0 Å². The summed E-state index contributed by atoms with van der Waals surface area (Å²) in [7, 11) is -3.76. The van der Waals surface area contributed by atoms with Crippen LogP contribution in [0.15, 0.2) is 28.2 Å². The molecule has 0 aliphatic heterocycles. The number of rotatable bonds is 8. The van der Waals surface area contributed by atoms with E-state index in [0.29, 0.717) is 13.2 Å². The third-order valence-corrected chi connectivity index (χ3v) is 3.74. The molecule has 0 aromatic carbocycles. The molecule has 6 nitrogen and oxygen atoms in total. The van der Waals surface area contributed by atoms with Crippen LogP contribution in [0.4, 0.5) is 0 Å². The third kappa shape index (κ3) is 4.59. The van der Waals surface area contributed by atoms with Gasteiger partial charge in [-0.2, -0.15) is 0 Å². The Balaban J connectivity index is 2.46. The van der Waals surface area contributed by atoms with E-state index < -0.39 is 15.5 Å². The van der Waals surface area contributed by atoms with Gasteiger partial charge in [0.2, 0.25) is 15.5 Å². The van der Waals surface area contributed by atoms with Crippen molar-refractivity contribution >= 4 is 10.0 Å². The first-order valence-corrected chi connectivity index (χ1v) is 7.30. The molecule has 0 saturated carbocycles. The summed E-state index contributed by atoms with van der Waals surface area (Å²) in [5, 5.41) is 0. The van der Waals surface area contributed by atoms with Crippen molar-refractivity contribution in [3.05, 3.63) is 28.7 Å². The van der Waals surface area contributed by atoms with Crippen molar-refractivity contribution < 1.29 is 13.2 Å². The van der Waals surface area contributed by atoms with Crippen molar-refractivity contribution in [1.82, 2.24) is 9.71 Å². The quantitative estimate of drug-likeness (QED) is 0.674. The highest BCUT2D eigenvalue weighted by molar-refractivity contribution is 7.89. The number of nitrogens with one attached hydrogen (secondary N) is 2. The highest BCUT2D eigenvalue weighted by atomic mass is 32.2. The summed E-state index contributed by atoms with van der Waals surface area (Å²) >= 11 is 0. The van der Waals surface area contributed by atoms with Gasteiger partial charge in [-0.15, -0.1) is 0 Å². The van der Waals surface area contributed by atoms with E-state index in [1.807, 2.05) is 6.92 Å². The number of aromatic nitrogens is 1. The standard InChI is InChI=1S/C11H18N2O4S/c1-2-3-7-17-8-6-13-18(15,16)11-9-12-5-4-10(11)14/h4-5,9,13H,2-3,6-8H2,1H3,(H,12,14). The Kier molecular flexibility index (Phi) is 6.03. The van der Waals surface area contributed by atoms with Crippen LogP contribution in [0.3, 0.4) is 0 Å². The second-order valence-corrected chi connectivity index (χ2v) is 5.47. The van der Waals surface area contributed by atoms with E-state index in [0.717, 1.165) is 12.8 Å². The van der Waals surface area contributed by atoms with Gasteiger partial charge in [-0.1, -0.05) is 13.3 Å². The molecule has 0 aliphatic rings. The first-order valence-electron chi connectivity index (χ1n) is 5.82. The molecule has 1 heterocycles. The van der Waals surface area contributed by atoms with Crippen LogP contribution in [0.2, 0.25) is 0 Å². The van der Waals surface area contributed by atoms with E-state index in [1.54, 1.807) is 0 Å². The lowest BCUT2D eigenvalue weighted by Crippen LogP contribution is -2.31. The summed E-state index contributed by atoms with van der Waals surface area (Å²) in [5.74, 6) is 0. The maximum absolute atomic E-state index is 11.8. The van der Waals surface area contributed by atoms with E-state index >= 15 is 0 Å². The SMILES string of the molecule is CCCCOCCNS(=O)(=O)c1c[nH]ccc1=O. The molecule has 0 fully saturated rings. The minimum Gasteiger partial charge on any atom is -0.380 e. The van der Waals surface area contributed by atoms with E-state index in [-0.39, 0.29) is 11.4 Å². The van der Waals surface area contributed by atoms with Crippen LogP contribution >= 0.6 is 0 Å². The smallest absolute Gasteiger partial charge is 0.245 e. The third-order valence-electron chi connectivity index (χ3n) is 2.26. The predicted octanol–water partition coefficient (Wildman–Crippen LogP) is 0.470. The molecule has 1 rings (SSSR count). The maximum Gasteiger partial charge on any atom is 0.245 e. The second-order valence-electron chi connectivity index (χ2n) is 3.74. The van der Waals surface area contributed by atoms with E-state index in [4.69, 9.17) is 4.74 Å². The van der Waals surface area contributed by atoms with Gasteiger partial charge in [0.15, 0.2) is 0 Å². The van der Waals surface area contributed by atoms with Crippen LogP contribution in [0.25, 0.3) is 0 Å². The highest BCUT2D eigenvalue weighted by Crippen LogP contribution is 1.98. The van der Waals surface area contributed by atoms with Gasteiger partial charge in [0.25, 0.3) is 0 Å². The molecule has 0 atom stereocenters. The molecule has 2 N–H and O–H groups in total. The van der Waals surface area contributed by atoms with Crippen LogP contribution in [-0.2, 0) is 14.8 Å². The van der Waals surface area contributed by atoms with Crippen molar-refractivity contribution in [2.75, 3.05) is 19.8 Å². The lowest BCUT2D eigenvalue weighted by atomic mass is 10.4. The Morgan fingerprint density at radius 3 is 2.83 bits per heavy atom. The van der Waals surface area contributed by atoms with Crippen molar-refractivity contribution in [3.8, 4) is 0 Å². The van der Waals surface area contributed by atoms with E-state index in [1.165, 1.54) is 18.5 Å². The van der Waals surface area contributed by atoms with Gasteiger partial charge in [-0.05, 0) is 6.42 Å². The molecule has 0 spiro atoms. The minimum atomic E-state index is -3.76. The number of hydrogen-bond acceptors (Lipinski definition) is 4. The zero-order chi connectivity index (χ0) is 13.4. The summed E-state index contributed by atoms with van der Waals surface area (Å²) in [5.41, 5.74) is -0.534. The van der Waals surface area contributed by atoms with Crippen LogP contribution in [0.1, 0.15) is 19.8 Å². The molecule has 0 radical (unpaired) electrons. The highest BCUT2D eigenvalue weighted by Gasteiger charge is 2.16. The van der Waals surface area contributed by atoms with E-state index in [9.17, 15) is 13.2 Å².